The first-order valence-corrected chi connectivity index (χ1v) is 9.53. The van der Waals surface area contributed by atoms with E-state index in [2.05, 4.69) is 11.7 Å². The highest BCUT2D eigenvalue weighted by atomic mass is 16.5. The summed E-state index contributed by atoms with van der Waals surface area (Å²) in [7, 11) is 1.37. The molecule has 0 aliphatic heterocycles. The van der Waals surface area contributed by atoms with Gasteiger partial charge in [0.05, 0.1) is 19.3 Å². The van der Waals surface area contributed by atoms with Crippen molar-refractivity contribution in [2.75, 3.05) is 7.11 Å². The molecule has 1 fully saturated rings. The van der Waals surface area contributed by atoms with Crippen molar-refractivity contribution >= 4 is 11.8 Å². The van der Waals surface area contributed by atoms with Crippen LogP contribution >= 0.6 is 0 Å². The van der Waals surface area contributed by atoms with Crippen molar-refractivity contribution in [3.8, 4) is 0 Å². The lowest BCUT2D eigenvalue weighted by Crippen LogP contribution is -2.20. The van der Waals surface area contributed by atoms with Gasteiger partial charge >= 0.3 is 5.97 Å². The van der Waals surface area contributed by atoms with Crippen LogP contribution in [0.2, 0.25) is 0 Å². The summed E-state index contributed by atoms with van der Waals surface area (Å²) in [6, 6.07) is 0. The van der Waals surface area contributed by atoms with Crippen molar-refractivity contribution < 1.29 is 24.5 Å². The molecule has 5 atom stereocenters. The molecule has 0 spiro atoms. The van der Waals surface area contributed by atoms with Crippen LogP contribution in [0.5, 0.6) is 0 Å². The van der Waals surface area contributed by atoms with Crippen LogP contribution in [0.3, 0.4) is 0 Å². The average Bonchev–Trinajstić information content (AvgIpc) is 2.84. The summed E-state index contributed by atoms with van der Waals surface area (Å²) >= 11 is 0. The number of rotatable bonds is 11. The molecular weight excluding hydrogens is 320 g/mol. The fourth-order valence-corrected chi connectivity index (χ4v) is 3.48. The first kappa shape index (κ1) is 21.8. The molecule has 0 aromatic carbocycles. The highest BCUT2D eigenvalue weighted by Crippen LogP contribution is 2.35. The molecule has 0 radical (unpaired) electrons. The Balaban J connectivity index is 2.55. The van der Waals surface area contributed by atoms with E-state index < -0.39 is 12.2 Å². The topological polar surface area (TPSA) is 83.8 Å². The summed E-state index contributed by atoms with van der Waals surface area (Å²) in [6.45, 7) is 4.09. The van der Waals surface area contributed by atoms with E-state index in [1.165, 1.54) is 7.11 Å². The van der Waals surface area contributed by atoms with E-state index in [1.54, 1.807) is 6.08 Å². The zero-order valence-electron chi connectivity index (χ0n) is 15.8. The van der Waals surface area contributed by atoms with Gasteiger partial charge in [-0.05, 0) is 25.2 Å². The second kappa shape index (κ2) is 11.4. The monoisotopic (exact) mass is 354 g/mol. The second-order valence-corrected chi connectivity index (χ2v) is 7.33. The Morgan fingerprint density at radius 1 is 1.36 bits per heavy atom. The van der Waals surface area contributed by atoms with Crippen LogP contribution < -0.4 is 0 Å². The number of Topliss-reactive ketones (excluding diaryl/α,β-unsaturated/α-hetero) is 1. The van der Waals surface area contributed by atoms with Gasteiger partial charge in [-0.15, -0.1) is 0 Å². The largest absolute Gasteiger partial charge is 0.469 e. The Kier molecular flexibility index (Phi) is 9.98. The molecule has 0 bridgehead atoms. The molecule has 2 N–H and O–H groups in total. The number of aliphatic hydroxyl groups excluding tert-OH is 2. The van der Waals surface area contributed by atoms with Gasteiger partial charge in [-0.1, -0.05) is 45.3 Å². The quantitative estimate of drug-likeness (QED) is 0.338. The minimum Gasteiger partial charge on any atom is -0.469 e. The Hall–Kier alpha value is -1.20. The molecule has 144 valence electrons. The lowest BCUT2D eigenvalue weighted by atomic mass is 9.86. The van der Waals surface area contributed by atoms with E-state index in [-0.39, 0.29) is 35.9 Å². The predicted octanol–water partition coefficient (Wildman–Crippen LogP) is 3.03. The fraction of sp³-hybridized carbons (Fsp3) is 0.800. The maximum Gasteiger partial charge on any atom is 0.305 e. The Bertz CT molecular complexity index is 445. The van der Waals surface area contributed by atoms with Crippen LogP contribution in [-0.2, 0) is 14.3 Å². The van der Waals surface area contributed by atoms with Crippen molar-refractivity contribution in [2.24, 2.45) is 17.8 Å². The van der Waals surface area contributed by atoms with Crippen LogP contribution in [0.4, 0.5) is 0 Å². The third kappa shape index (κ3) is 7.70. The number of unbranched alkanes of at least 4 members (excludes halogenated alkanes) is 2. The maximum absolute atomic E-state index is 12.2. The standard InChI is InChI=1S/C20H34O5/c1-4-5-6-7-15(21)9-11-17-16(18(22)13-19(17)23)10-8-14(2)12-20(24)25-3/h9,11,14-17,19,21,23H,4-8,10,12-13H2,1-3H3/b11-9+/t14?,15?,16-,17+,19+/m0/s1. The zero-order valence-corrected chi connectivity index (χ0v) is 15.8. The van der Waals surface area contributed by atoms with Gasteiger partial charge in [0.1, 0.15) is 5.78 Å². The molecule has 0 aromatic rings. The van der Waals surface area contributed by atoms with Gasteiger partial charge in [0, 0.05) is 24.7 Å². The highest BCUT2D eigenvalue weighted by Gasteiger charge is 2.39. The van der Waals surface area contributed by atoms with Crippen LogP contribution in [0, 0.1) is 17.8 Å². The summed E-state index contributed by atoms with van der Waals surface area (Å²) in [5.74, 6) is -0.486. The summed E-state index contributed by atoms with van der Waals surface area (Å²) in [6.07, 6.45) is 8.15. The number of carbonyl (C=O) groups excluding carboxylic acids is 2. The van der Waals surface area contributed by atoms with Gasteiger partial charge in [0.15, 0.2) is 0 Å². The number of ether oxygens (including phenoxy) is 1. The second-order valence-electron chi connectivity index (χ2n) is 7.33. The van der Waals surface area contributed by atoms with Gasteiger partial charge in [0.25, 0.3) is 0 Å². The SMILES string of the molecule is CCCCCC(O)/C=C/[C@H]1[C@H](O)CC(=O)[C@H]1CCC(C)CC(=O)OC. The van der Waals surface area contributed by atoms with Crippen molar-refractivity contribution in [3.63, 3.8) is 0 Å². The van der Waals surface area contributed by atoms with Gasteiger partial charge < -0.3 is 14.9 Å². The molecule has 0 amide bonds. The normalized spacial score (nSPS) is 26.1. The van der Waals surface area contributed by atoms with E-state index in [9.17, 15) is 19.8 Å². The average molecular weight is 354 g/mol. The van der Waals surface area contributed by atoms with E-state index >= 15 is 0 Å². The lowest BCUT2D eigenvalue weighted by Gasteiger charge is -2.19. The Morgan fingerprint density at radius 2 is 2.08 bits per heavy atom. The lowest BCUT2D eigenvalue weighted by molar-refractivity contribution is -0.141. The molecule has 0 heterocycles. The molecule has 1 saturated carbocycles. The fourth-order valence-electron chi connectivity index (χ4n) is 3.48. The summed E-state index contributed by atoms with van der Waals surface area (Å²) in [5, 5.41) is 20.2. The third-order valence-electron chi connectivity index (χ3n) is 5.10. The molecule has 0 aromatic heterocycles. The molecule has 5 nitrogen and oxygen atoms in total. The van der Waals surface area contributed by atoms with Crippen molar-refractivity contribution in [1.82, 2.24) is 0 Å². The summed E-state index contributed by atoms with van der Waals surface area (Å²) in [4.78, 5) is 23.5. The number of hydrogen-bond donors (Lipinski definition) is 2. The molecule has 1 aliphatic rings. The van der Waals surface area contributed by atoms with Crippen molar-refractivity contribution in [1.29, 1.82) is 0 Å². The molecule has 1 rings (SSSR count). The molecule has 0 saturated heterocycles. The van der Waals surface area contributed by atoms with Crippen molar-refractivity contribution in [2.45, 2.75) is 77.4 Å². The molecule has 1 aliphatic carbocycles. The summed E-state index contributed by atoms with van der Waals surface area (Å²) < 4.78 is 4.67. The third-order valence-corrected chi connectivity index (χ3v) is 5.10. The molecule has 2 unspecified atom stereocenters. The Labute approximate surface area is 151 Å². The van der Waals surface area contributed by atoms with Gasteiger partial charge in [0.2, 0.25) is 0 Å². The molecule has 5 heteroatoms. The summed E-state index contributed by atoms with van der Waals surface area (Å²) in [5.41, 5.74) is 0. The minimum absolute atomic E-state index is 0.0768. The van der Waals surface area contributed by atoms with E-state index in [0.717, 1.165) is 25.7 Å². The van der Waals surface area contributed by atoms with Gasteiger partial charge in [-0.25, -0.2) is 0 Å². The van der Waals surface area contributed by atoms with Gasteiger partial charge in [-0.3, -0.25) is 9.59 Å². The zero-order chi connectivity index (χ0) is 18.8. The van der Waals surface area contributed by atoms with Crippen LogP contribution in [-0.4, -0.2) is 41.3 Å². The smallest absolute Gasteiger partial charge is 0.305 e. The van der Waals surface area contributed by atoms with Crippen LogP contribution in [0.15, 0.2) is 12.2 Å². The maximum atomic E-state index is 12.2. The van der Waals surface area contributed by atoms with Crippen LogP contribution in [0.1, 0.15) is 65.2 Å². The Morgan fingerprint density at radius 3 is 2.72 bits per heavy atom. The molecular formula is C20H34O5. The first-order valence-electron chi connectivity index (χ1n) is 9.53. The predicted molar refractivity (Wildman–Crippen MR) is 96.9 cm³/mol. The number of hydrogen-bond acceptors (Lipinski definition) is 5. The first-order chi connectivity index (χ1) is 11.9. The highest BCUT2D eigenvalue weighted by molar-refractivity contribution is 5.84. The van der Waals surface area contributed by atoms with Crippen LogP contribution in [0.25, 0.3) is 0 Å². The van der Waals surface area contributed by atoms with E-state index in [0.29, 0.717) is 19.3 Å². The van der Waals surface area contributed by atoms with Gasteiger partial charge in [-0.2, -0.15) is 0 Å². The number of ketones is 1. The number of aliphatic hydroxyl groups is 2. The number of methoxy groups -OCH3 is 1. The van der Waals surface area contributed by atoms with Crippen molar-refractivity contribution in [3.05, 3.63) is 12.2 Å². The number of carbonyl (C=O) groups is 2. The number of esters is 1. The molecule has 25 heavy (non-hydrogen) atoms. The van der Waals surface area contributed by atoms with E-state index in [4.69, 9.17) is 0 Å². The minimum atomic E-state index is -0.674. The van der Waals surface area contributed by atoms with E-state index in [1.807, 2.05) is 13.0 Å².